The first-order chi connectivity index (χ1) is 15.1. The van der Waals surface area contributed by atoms with Crippen LogP contribution < -0.4 is 11.1 Å². The minimum atomic E-state index is -0.439. The highest BCUT2D eigenvalue weighted by Crippen LogP contribution is 2.34. The molecule has 31 heavy (non-hydrogen) atoms. The molecule has 158 valence electrons. The first-order valence-electron chi connectivity index (χ1n) is 10.0. The average Bonchev–Trinajstić information content (AvgIpc) is 3.40. The number of anilines is 2. The van der Waals surface area contributed by atoms with Gasteiger partial charge in [0.25, 0.3) is 0 Å². The van der Waals surface area contributed by atoms with Crippen molar-refractivity contribution in [3.63, 3.8) is 0 Å². The van der Waals surface area contributed by atoms with Crippen LogP contribution in [0.4, 0.5) is 20.5 Å². The molecule has 1 saturated heterocycles. The minimum Gasteiger partial charge on any atom is -0.383 e. The van der Waals surface area contributed by atoms with Gasteiger partial charge in [0.05, 0.1) is 22.9 Å². The van der Waals surface area contributed by atoms with Crippen molar-refractivity contribution in [1.29, 1.82) is 0 Å². The molecule has 0 radical (unpaired) electrons. The molecule has 1 unspecified atom stereocenters. The highest BCUT2D eigenvalue weighted by atomic mass is 19.1. The number of nitrogens with two attached hydrogens (primary N) is 1. The van der Waals surface area contributed by atoms with E-state index in [2.05, 4.69) is 20.4 Å². The quantitative estimate of drug-likeness (QED) is 0.506. The van der Waals surface area contributed by atoms with Crippen LogP contribution in [0.3, 0.4) is 0 Å². The van der Waals surface area contributed by atoms with Crippen LogP contribution in [0.25, 0.3) is 28.0 Å². The Morgan fingerprint density at radius 3 is 2.77 bits per heavy atom. The normalized spacial score (nSPS) is 16.1. The number of ether oxygens (including phenoxy) is 1. The SMILES string of the molecule is Nc1c2c(-c3ccccc3F)nc(NCC3CCCO3)nc2nn1-c1cccc(F)c1. The lowest BCUT2D eigenvalue weighted by molar-refractivity contribution is 0.120. The standard InChI is InChI=1S/C22H20F2N6O/c23-13-5-3-6-14(11-13)30-20(25)18-19(16-8-1-2-9-17(16)24)27-22(28-21(18)29-30)26-12-15-7-4-10-31-15/h1-3,5-6,8-9,11,15H,4,7,10,12,25H2,(H,26,28,29). The molecular weight excluding hydrogens is 402 g/mol. The lowest BCUT2D eigenvalue weighted by Crippen LogP contribution is -2.19. The van der Waals surface area contributed by atoms with Gasteiger partial charge in [-0.15, -0.1) is 5.10 Å². The maximum Gasteiger partial charge on any atom is 0.225 e. The van der Waals surface area contributed by atoms with Crippen molar-refractivity contribution in [3.05, 3.63) is 60.2 Å². The Morgan fingerprint density at radius 1 is 1.13 bits per heavy atom. The molecule has 0 spiro atoms. The van der Waals surface area contributed by atoms with E-state index in [-0.39, 0.29) is 23.1 Å². The topological polar surface area (TPSA) is 90.9 Å². The van der Waals surface area contributed by atoms with Crippen LogP contribution in [0.2, 0.25) is 0 Å². The van der Waals surface area contributed by atoms with Crippen LogP contribution in [0, 0.1) is 11.6 Å². The molecule has 0 bridgehead atoms. The second-order valence-electron chi connectivity index (χ2n) is 7.37. The Balaban J connectivity index is 1.66. The van der Waals surface area contributed by atoms with Crippen LogP contribution in [0.1, 0.15) is 12.8 Å². The monoisotopic (exact) mass is 422 g/mol. The molecule has 0 saturated carbocycles. The number of fused-ring (bicyclic) bond motifs is 1. The van der Waals surface area contributed by atoms with Crippen LogP contribution >= 0.6 is 0 Å². The predicted molar refractivity (Wildman–Crippen MR) is 114 cm³/mol. The number of benzene rings is 2. The zero-order valence-corrected chi connectivity index (χ0v) is 16.6. The summed E-state index contributed by atoms with van der Waals surface area (Å²) in [6, 6.07) is 12.2. The second kappa shape index (κ2) is 7.92. The van der Waals surface area contributed by atoms with E-state index in [0.29, 0.717) is 29.3 Å². The smallest absolute Gasteiger partial charge is 0.225 e. The molecule has 1 fully saturated rings. The van der Waals surface area contributed by atoms with Crippen molar-refractivity contribution in [3.8, 4) is 16.9 Å². The number of nitrogens with one attached hydrogen (secondary N) is 1. The average molecular weight is 422 g/mol. The van der Waals surface area contributed by atoms with Crippen molar-refractivity contribution in [1.82, 2.24) is 19.7 Å². The number of halogens is 2. The second-order valence-corrected chi connectivity index (χ2v) is 7.37. The minimum absolute atomic E-state index is 0.0751. The highest BCUT2D eigenvalue weighted by molar-refractivity contribution is 5.99. The number of nitrogens with zero attached hydrogens (tertiary/aromatic N) is 4. The van der Waals surface area contributed by atoms with Crippen LogP contribution in [-0.4, -0.2) is 39.0 Å². The van der Waals surface area contributed by atoms with Gasteiger partial charge in [-0.1, -0.05) is 18.2 Å². The van der Waals surface area contributed by atoms with E-state index in [1.807, 2.05) is 0 Å². The summed E-state index contributed by atoms with van der Waals surface area (Å²) in [6.07, 6.45) is 2.05. The first-order valence-corrected chi connectivity index (χ1v) is 10.0. The van der Waals surface area contributed by atoms with E-state index < -0.39 is 11.6 Å². The molecular formula is C22H20F2N6O. The fraction of sp³-hybridized carbons (Fsp3) is 0.227. The van der Waals surface area contributed by atoms with E-state index in [9.17, 15) is 8.78 Å². The summed E-state index contributed by atoms with van der Waals surface area (Å²) in [5, 5.41) is 8.03. The number of hydrogen-bond acceptors (Lipinski definition) is 6. The summed E-state index contributed by atoms with van der Waals surface area (Å²) >= 11 is 0. The van der Waals surface area contributed by atoms with E-state index in [1.54, 1.807) is 30.3 Å². The van der Waals surface area contributed by atoms with Gasteiger partial charge in [0.1, 0.15) is 17.5 Å². The summed E-state index contributed by atoms with van der Waals surface area (Å²) in [6.45, 7) is 1.27. The van der Waals surface area contributed by atoms with Gasteiger partial charge in [-0.25, -0.2) is 18.4 Å². The van der Waals surface area contributed by atoms with Crippen molar-refractivity contribution in [2.45, 2.75) is 18.9 Å². The third-order valence-corrected chi connectivity index (χ3v) is 5.26. The molecule has 0 aliphatic carbocycles. The van der Waals surface area contributed by atoms with Crippen molar-refractivity contribution >= 4 is 22.8 Å². The third kappa shape index (κ3) is 3.68. The van der Waals surface area contributed by atoms with Gasteiger partial charge in [0.2, 0.25) is 5.95 Å². The van der Waals surface area contributed by atoms with E-state index in [4.69, 9.17) is 10.5 Å². The Labute approximate surface area is 176 Å². The molecule has 4 aromatic rings. The highest BCUT2D eigenvalue weighted by Gasteiger charge is 2.22. The van der Waals surface area contributed by atoms with Gasteiger partial charge < -0.3 is 15.8 Å². The summed E-state index contributed by atoms with van der Waals surface area (Å²) in [4.78, 5) is 9.03. The van der Waals surface area contributed by atoms with E-state index in [0.717, 1.165) is 19.4 Å². The van der Waals surface area contributed by atoms with E-state index >= 15 is 0 Å². The molecule has 7 nitrogen and oxygen atoms in total. The van der Waals surface area contributed by atoms with Crippen LogP contribution in [-0.2, 0) is 4.74 Å². The Bertz CT molecular complexity index is 1250. The predicted octanol–water partition coefficient (Wildman–Crippen LogP) is 3.93. The summed E-state index contributed by atoms with van der Waals surface area (Å²) in [7, 11) is 0. The zero-order chi connectivity index (χ0) is 21.4. The van der Waals surface area contributed by atoms with Gasteiger partial charge in [0.15, 0.2) is 5.65 Å². The fourth-order valence-corrected chi connectivity index (χ4v) is 3.75. The third-order valence-electron chi connectivity index (χ3n) is 5.26. The molecule has 3 N–H and O–H groups in total. The van der Waals surface area contributed by atoms with Crippen molar-refractivity contribution < 1.29 is 13.5 Å². The molecule has 1 atom stereocenters. The Hall–Kier alpha value is -3.59. The number of hydrogen-bond donors (Lipinski definition) is 2. The Morgan fingerprint density at radius 2 is 2.00 bits per heavy atom. The lowest BCUT2D eigenvalue weighted by atomic mass is 10.1. The van der Waals surface area contributed by atoms with Crippen molar-refractivity contribution in [2.75, 3.05) is 24.2 Å². The molecule has 1 aliphatic rings. The van der Waals surface area contributed by atoms with Crippen LogP contribution in [0.5, 0.6) is 0 Å². The van der Waals surface area contributed by atoms with Gasteiger partial charge >= 0.3 is 0 Å². The molecule has 2 aromatic carbocycles. The first kappa shape index (κ1) is 19.4. The molecule has 3 heterocycles. The number of rotatable bonds is 5. The van der Waals surface area contributed by atoms with Crippen LogP contribution in [0.15, 0.2) is 48.5 Å². The molecule has 2 aromatic heterocycles. The molecule has 1 aliphatic heterocycles. The Kier molecular flexibility index (Phi) is 4.95. The number of aromatic nitrogens is 4. The summed E-state index contributed by atoms with van der Waals surface area (Å²) in [5.41, 5.74) is 7.68. The summed E-state index contributed by atoms with van der Waals surface area (Å²) in [5.74, 6) is -0.365. The van der Waals surface area contributed by atoms with Gasteiger partial charge in [-0.2, -0.15) is 4.98 Å². The van der Waals surface area contributed by atoms with Gasteiger partial charge in [0, 0.05) is 18.7 Å². The molecule has 0 amide bonds. The zero-order valence-electron chi connectivity index (χ0n) is 16.6. The largest absolute Gasteiger partial charge is 0.383 e. The lowest BCUT2D eigenvalue weighted by Gasteiger charge is -2.12. The van der Waals surface area contributed by atoms with Crippen molar-refractivity contribution in [2.24, 2.45) is 0 Å². The van der Waals surface area contributed by atoms with Gasteiger partial charge in [-0.3, -0.25) is 0 Å². The maximum absolute atomic E-state index is 14.7. The fourth-order valence-electron chi connectivity index (χ4n) is 3.75. The molecule has 9 heteroatoms. The molecule has 5 rings (SSSR count). The van der Waals surface area contributed by atoms with Gasteiger partial charge in [-0.05, 0) is 43.2 Å². The maximum atomic E-state index is 14.7. The summed E-state index contributed by atoms with van der Waals surface area (Å²) < 4.78 is 35.5. The van der Waals surface area contributed by atoms with E-state index in [1.165, 1.54) is 22.9 Å². The number of nitrogen functional groups attached to an aromatic ring is 1.